The lowest BCUT2D eigenvalue weighted by molar-refractivity contribution is 0.513. The van der Waals surface area contributed by atoms with E-state index in [4.69, 9.17) is 5.73 Å². The maximum atomic E-state index is 13.5. The first kappa shape index (κ1) is 13.7. The molecule has 3 heteroatoms. The summed E-state index contributed by atoms with van der Waals surface area (Å²) in [6, 6.07) is 16.4. The van der Waals surface area contributed by atoms with Gasteiger partial charge in [0.2, 0.25) is 0 Å². The van der Waals surface area contributed by atoms with Gasteiger partial charge in [-0.2, -0.15) is 0 Å². The van der Waals surface area contributed by atoms with Crippen LogP contribution in [0, 0.1) is 5.82 Å². The molecule has 1 atom stereocenters. The van der Waals surface area contributed by atoms with E-state index >= 15 is 0 Å². The molecule has 0 aliphatic rings. The maximum Gasteiger partial charge on any atom is 0.123 e. The van der Waals surface area contributed by atoms with E-state index < -0.39 is 5.54 Å². The average molecular weight is 280 g/mol. The Balaban J connectivity index is 2.16. The van der Waals surface area contributed by atoms with Gasteiger partial charge >= 0.3 is 0 Å². The fourth-order valence-electron chi connectivity index (χ4n) is 2.69. The maximum absolute atomic E-state index is 13.5. The number of hydrogen-bond donors (Lipinski definition) is 1. The minimum atomic E-state index is -0.702. The van der Waals surface area contributed by atoms with E-state index in [1.807, 2.05) is 43.3 Å². The third-order valence-corrected chi connectivity index (χ3v) is 4.02. The van der Waals surface area contributed by atoms with Gasteiger partial charge in [0.15, 0.2) is 0 Å². The van der Waals surface area contributed by atoms with E-state index in [0.29, 0.717) is 6.42 Å². The second-order valence-corrected chi connectivity index (χ2v) is 5.25. The molecule has 2 N–H and O–H groups in total. The van der Waals surface area contributed by atoms with Crippen molar-refractivity contribution < 1.29 is 4.39 Å². The van der Waals surface area contributed by atoms with Crippen LogP contribution in [0.2, 0.25) is 0 Å². The molecule has 3 aromatic rings. The SMILES string of the molecule is CCC(N)(c1cccc(F)c1)c1ccc2ncccc2c1. The highest BCUT2D eigenvalue weighted by atomic mass is 19.1. The van der Waals surface area contributed by atoms with Crippen molar-refractivity contribution in [2.24, 2.45) is 5.73 Å². The Bertz CT molecular complexity index is 785. The molecule has 0 saturated heterocycles. The molecule has 0 aliphatic heterocycles. The molecule has 2 aromatic carbocycles. The lowest BCUT2D eigenvalue weighted by Crippen LogP contribution is -2.37. The molecular weight excluding hydrogens is 263 g/mol. The Kier molecular flexibility index (Phi) is 3.43. The van der Waals surface area contributed by atoms with Crippen LogP contribution in [0.3, 0.4) is 0 Å². The summed E-state index contributed by atoms with van der Waals surface area (Å²) >= 11 is 0. The monoisotopic (exact) mass is 280 g/mol. The average Bonchev–Trinajstić information content (AvgIpc) is 2.53. The number of rotatable bonds is 3. The predicted molar refractivity (Wildman–Crippen MR) is 83.4 cm³/mol. The van der Waals surface area contributed by atoms with Crippen LogP contribution in [0.25, 0.3) is 10.9 Å². The summed E-state index contributed by atoms with van der Waals surface area (Å²) in [6.07, 6.45) is 2.45. The van der Waals surface area contributed by atoms with E-state index in [2.05, 4.69) is 4.98 Å². The van der Waals surface area contributed by atoms with Gasteiger partial charge in [0.05, 0.1) is 11.1 Å². The van der Waals surface area contributed by atoms with Crippen molar-refractivity contribution in [2.45, 2.75) is 18.9 Å². The minimum absolute atomic E-state index is 0.266. The Morgan fingerprint density at radius 3 is 2.62 bits per heavy atom. The summed E-state index contributed by atoms with van der Waals surface area (Å²) in [5, 5.41) is 1.04. The number of halogens is 1. The second-order valence-electron chi connectivity index (χ2n) is 5.25. The zero-order valence-electron chi connectivity index (χ0n) is 11.9. The number of nitrogens with zero attached hydrogens (tertiary/aromatic N) is 1. The van der Waals surface area contributed by atoms with Gasteiger partial charge in [0.25, 0.3) is 0 Å². The van der Waals surface area contributed by atoms with Crippen LogP contribution in [-0.4, -0.2) is 4.98 Å². The van der Waals surface area contributed by atoms with Crippen molar-refractivity contribution in [1.82, 2.24) is 4.98 Å². The highest BCUT2D eigenvalue weighted by molar-refractivity contribution is 5.79. The first-order valence-electron chi connectivity index (χ1n) is 7.03. The van der Waals surface area contributed by atoms with Crippen LogP contribution in [0.15, 0.2) is 60.8 Å². The summed E-state index contributed by atoms with van der Waals surface area (Å²) < 4.78 is 13.5. The lowest BCUT2D eigenvalue weighted by Gasteiger charge is -2.30. The van der Waals surface area contributed by atoms with Crippen LogP contribution in [0.4, 0.5) is 4.39 Å². The summed E-state index contributed by atoms with van der Waals surface area (Å²) in [6.45, 7) is 2.01. The highest BCUT2D eigenvalue weighted by Gasteiger charge is 2.28. The number of hydrogen-bond acceptors (Lipinski definition) is 2. The van der Waals surface area contributed by atoms with Crippen molar-refractivity contribution in [3.63, 3.8) is 0 Å². The molecular formula is C18H17FN2. The molecule has 0 spiro atoms. The van der Waals surface area contributed by atoms with Crippen molar-refractivity contribution in [3.8, 4) is 0 Å². The molecule has 1 heterocycles. The summed E-state index contributed by atoms with van der Waals surface area (Å²) in [4.78, 5) is 4.32. The van der Waals surface area contributed by atoms with Crippen LogP contribution < -0.4 is 5.73 Å². The fraction of sp³-hybridized carbons (Fsp3) is 0.167. The first-order valence-corrected chi connectivity index (χ1v) is 7.03. The van der Waals surface area contributed by atoms with E-state index in [9.17, 15) is 4.39 Å². The van der Waals surface area contributed by atoms with Gasteiger partial charge in [-0.3, -0.25) is 4.98 Å². The molecule has 1 unspecified atom stereocenters. The van der Waals surface area contributed by atoms with Gasteiger partial charge < -0.3 is 5.73 Å². The Morgan fingerprint density at radius 1 is 1.05 bits per heavy atom. The highest BCUT2D eigenvalue weighted by Crippen LogP contribution is 2.32. The third kappa shape index (κ3) is 2.41. The Hall–Kier alpha value is -2.26. The van der Waals surface area contributed by atoms with E-state index in [1.54, 1.807) is 12.3 Å². The molecule has 0 bridgehead atoms. The second kappa shape index (κ2) is 5.26. The lowest BCUT2D eigenvalue weighted by atomic mass is 9.81. The van der Waals surface area contributed by atoms with Crippen molar-refractivity contribution >= 4 is 10.9 Å². The number of pyridine rings is 1. The van der Waals surface area contributed by atoms with E-state index in [0.717, 1.165) is 22.0 Å². The topological polar surface area (TPSA) is 38.9 Å². The molecule has 21 heavy (non-hydrogen) atoms. The van der Waals surface area contributed by atoms with Gasteiger partial charge in [-0.15, -0.1) is 0 Å². The molecule has 0 saturated carbocycles. The van der Waals surface area contributed by atoms with Gasteiger partial charge in [-0.05, 0) is 47.9 Å². The molecule has 0 radical (unpaired) electrons. The van der Waals surface area contributed by atoms with Gasteiger partial charge in [-0.25, -0.2) is 4.39 Å². The molecule has 2 nitrogen and oxygen atoms in total. The van der Waals surface area contributed by atoms with Crippen molar-refractivity contribution in [3.05, 3.63) is 77.7 Å². The van der Waals surface area contributed by atoms with Crippen LogP contribution in [-0.2, 0) is 5.54 Å². The number of nitrogens with two attached hydrogens (primary N) is 1. The number of fused-ring (bicyclic) bond motifs is 1. The minimum Gasteiger partial charge on any atom is -0.318 e. The Morgan fingerprint density at radius 2 is 1.86 bits per heavy atom. The largest absolute Gasteiger partial charge is 0.318 e. The summed E-state index contributed by atoms with van der Waals surface area (Å²) in [7, 11) is 0. The van der Waals surface area contributed by atoms with Crippen LogP contribution in [0.5, 0.6) is 0 Å². The van der Waals surface area contributed by atoms with Gasteiger partial charge in [0, 0.05) is 11.6 Å². The first-order chi connectivity index (χ1) is 10.1. The van der Waals surface area contributed by atoms with E-state index in [1.165, 1.54) is 12.1 Å². The van der Waals surface area contributed by atoms with Gasteiger partial charge in [0.1, 0.15) is 5.82 Å². The van der Waals surface area contributed by atoms with Crippen molar-refractivity contribution in [1.29, 1.82) is 0 Å². The quantitative estimate of drug-likeness (QED) is 0.788. The molecule has 0 amide bonds. The standard InChI is InChI=1S/C18H17FN2/c1-2-18(20,14-6-3-7-16(19)12-14)15-8-9-17-13(11-15)5-4-10-21-17/h3-12H,2,20H2,1H3. The molecule has 3 rings (SSSR count). The zero-order chi connectivity index (χ0) is 14.9. The number of benzene rings is 2. The van der Waals surface area contributed by atoms with Gasteiger partial charge in [-0.1, -0.05) is 31.2 Å². The molecule has 0 fully saturated rings. The summed E-state index contributed by atoms with van der Waals surface area (Å²) in [5.74, 6) is -0.266. The molecule has 1 aromatic heterocycles. The van der Waals surface area contributed by atoms with Crippen LogP contribution in [0.1, 0.15) is 24.5 Å². The van der Waals surface area contributed by atoms with Crippen molar-refractivity contribution in [2.75, 3.05) is 0 Å². The van der Waals surface area contributed by atoms with E-state index in [-0.39, 0.29) is 5.82 Å². The Labute approximate surface area is 123 Å². The third-order valence-electron chi connectivity index (χ3n) is 4.02. The normalized spacial score (nSPS) is 14.0. The molecule has 106 valence electrons. The number of aromatic nitrogens is 1. The summed E-state index contributed by atoms with van der Waals surface area (Å²) in [5.41, 5.74) is 8.59. The predicted octanol–water partition coefficient (Wildman–Crippen LogP) is 3.99. The fourth-order valence-corrected chi connectivity index (χ4v) is 2.69. The zero-order valence-corrected chi connectivity index (χ0v) is 11.9. The smallest absolute Gasteiger partial charge is 0.123 e. The van der Waals surface area contributed by atoms with Crippen LogP contribution >= 0.6 is 0 Å². The molecule has 0 aliphatic carbocycles.